The second kappa shape index (κ2) is 5.27. The van der Waals surface area contributed by atoms with Crippen LogP contribution in [0, 0.1) is 0 Å². The molecule has 0 radical (unpaired) electrons. The van der Waals surface area contributed by atoms with E-state index in [4.69, 9.17) is 5.11 Å². The fraction of sp³-hybridized carbons (Fsp3) is 0.154. The van der Waals surface area contributed by atoms with Crippen molar-refractivity contribution in [1.29, 1.82) is 0 Å². The van der Waals surface area contributed by atoms with E-state index in [0.29, 0.717) is 5.82 Å². The minimum atomic E-state index is -0.921. The summed E-state index contributed by atoms with van der Waals surface area (Å²) < 4.78 is 0. The summed E-state index contributed by atoms with van der Waals surface area (Å²) in [6.07, 6.45) is 1.42. The molecule has 2 aromatic rings. The quantitative estimate of drug-likeness (QED) is 0.859. The fourth-order valence-electron chi connectivity index (χ4n) is 1.49. The van der Waals surface area contributed by atoms with Gasteiger partial charge in [0.25, 0.3) is 0 Å². The molecule has 0 aliphatic heterocycles. The van der Waals surface area contributed by atoms with E-state index >= 15 is 0 Å². The maximum atomic E-state index is 10.8. The average molecular weight is 243 g/mol. The van der Waals surface area contributed by atoms with Gasteiger partial charge >= 0.3 is 5.97 Å². The summed E-state index contributed by atoms with van der Waals surface area (Å²) in [7, 11) is 0. The number of hydrogen-bond acceptors (Lipinski definition) is 4. The summed E-state index contributed by atoms with van der Waals surface area (Å²) >= 11 is 0. The number of nitrogens with one attached hydrogen (secondary N) is 1. The standard InChI is InChI=1S/C13H13N3O2/c1-9(13(17)18)16-12-7-11(14-8-15-12)10-5-3-2-4-6-10/h2-9H,1H3,(H,17,18)(H,14,15,16)/t9-/m0/s1. The molecule has 0 saturated carbocycles. The molecule has 0 spiro atoms. The van der Waals surface area contributed by atoms with Gasteiger partial charge in [-0.05, 0) is 6.92 Å². The van der Waals surface area contributed by atoms with E-state index < -0.39 is 12.0 Å². The van der Waals surface area contributed by atoms with Gasteiger partial charge in [-0.25, -0.2) is 9.97 Å². The Bertz CT molecular complexity index is 543. The second-order valence-corrected chi connectivity index (χ2v) is 3.86. The highest BCUT2D eigenvalue weighted by Crippen LogP contribution is 2.18. The van der Waals surface area contributed by atoms with Gasteiger partial charge in [0, 0.05) is 11.6 Å². The van der Waals surface area contributed by atoms with Gasteiger partial charge < -0.3 is 10.4 Å². The molecule has 0 saturated heterocycles. The highest BCUT2D eigenvalue weighted by molar-refractivity contribution is 5.76. The molecule has 1 aromatic heterocycles. The van der Waals surface area contributed by atoms with Crippen LogP contribution in [0.25, 0.3) is 11.3 Å². The van der Waals surface area contributed by atoms with Crippen molar-refractivity contribution in [3.05, 3.63) is 42.7 Å². The number of anilines is 1. The molecule has 0 amide bonds. The minimum Gasteiger partial charge on any atom is -0.480 e. The molecule has 1 aromatic carbocycles. The molecule has 1 atom stereocenters. The van der Waals surface area contributed by atoms with Gasteiger partial charge in [-0.2, -0.15) is 0 Å². The molecule has 5 heteroatoms. The van der Waals surface area contributed by atoms with Crippen LogP contribution in [0.3, 0.4) is 0 Å². The van der Waals surface area contributed by atoms with Gasteiger partial charge in [0.2, 0.25) is 0 Å². The van der Waals surface area contributed by atoms with Crippen molar-refractivity contribution < 1.29 is 9.90 Å². The first kappa shape index (κ1) is 12.0. The van der Waals surface area contributed by atoms with Gasteiger partial charge in [0.1, 0.15) is 18.2 Å². The molecule has 0 aliphatic carbocycles. The van der Waals surface area contributed by atoms with Crippen LogP contribution in [0.5, 0.6) is 0 Å². The Hall–Kier alpha value is -2.43. The molecule has 0 unspecified atom stereocenters. The van der Waals surface area contributed by atoms with Crippen LogP contribution in [0.2, 0.25) is 0 Å². The Kier molecular flexibility index (Phi) is 3.52. The molecule has 0 aliphatic rings. The summed E-state index contributed by atoms with van der Waals surface area (Å²) in [6, 6.07) is 10.7. The zero-order valence-electron chi connectivity index (χ0n) is 9.87. The SMILES string of the molecule is C[C@H](Nc1cc(-c2ccccc2)ncn1)C(=O)O. The van der Waals surface area contributed by atoms with Gasteiger partial charge in [-0.1, -0.05) is 30.3 Å². The Morgan fingerprint density at radius 1 is 1.28 bits per heavy atom. The highest BCUT2D eigenvalue weighted by Gasteiger charge is 2.11. The van der Waals surface area contributed by atoms with Crippen LogP contribution < -0.4 is 5.32 Å². The Labute approximate surface area is 105 Å². The number of carbonyl (C=O) groups is 1. The molecule has 2 rings (SSSR count). The van der Waals surface area contributed by atoms with E-state index in [9.17, 15) is 4.79 Å². The molecular formula is C13H13N3O2. The van der Waals surface area contributed by atoms with Crippen molar-refractivity contribution in [1.82, 2.24) is 9.97 Å². The summed E-state index contributed by atoms with van der Waals surface area (Å²) in [6.45, 7) is 1.56. The largest absolute Gasteiger partial charge is 0.480 e. The molecule has 5 nitrogen and oxygen atoms in total. The van der Waals surface area contributed by atoms with E-state index in [0.717, 1.165) is 11.3 Å². The fourth-order valence-corrected chi connectivity index (χ4v) is 1.49. The number of benzene rings is 1. The molecule has 92 valence electrons. The average Bonchev–Trinajstić information content (AvgIpc) is 2.40. The number of aromatic nitrogens is 2. The Morgan fingerprint density at radius 3 is 2.67 bits per heavy atom. The van der Waals surface area contributed by atoms with Gasteiger partial charge in [0.15, 0.2) is 0 Å². The van der Waals surface area contributed by atoms with Crippen molar-refractivity contribution in [2.75, 3.05) is 5.32 Å². The predicted molar refractivity (Wildman–Crippen MR) is 68.2 cm³/mol. The lowest BCUT2D eigenvalue weighted by molar-refractivity contribution is -0.137. The summed E-state index contributed by atoms with van der Waals surface area (Å²) in [5.41, 5.74) is 1.72. The summed E-state index contributed by atoms with van der Waals surface area (Å²) in [4.78, 5) is 18.9. The van der Waals surface area contributed by atoms with Crippen LogP contribution in [-0.2, 0) is 4.79 Å². The number of nitrogens with zero attached hydrogens (tertiary/aromatic N) is 2. The number of carboxylic acids is 1. The first-order valence-electron chi connectivity index (χ1n) is 5.53. The number of carboxylic acid groups (broad SMARTS) is 1. The highest BCUT2D eigenvalue weighted by atomic mass is 16.4. The first-order chi connectivity index (χ1) is 8.66. The van der Waals surface area contributed by atoms with Crippen LogP contribution in [-0.4, -0.2) is 27.1 Å². The number of hydrogen-bond donors (Lipinski definition) is 2. The zero-order chi connectivity index (χ0) is 13.0. The lowest BCUT2D eigenvalue weighted by atomic mass is 10.1. The monoisotopic (exact) mass is 243 g/mol. The van der Waals surface area contributed by atoms with Gasteiger partial charge in [-0.15, -0.1) is 0 Å². The Morgan fingerprint density at radius 2 is 2.00 bits per heavy atom. The van der Waals surface area contributed by atoms with E-state index in [1.807, 2.05) is 30.3 Å². The van der Waals surface area contributed by atoms with Crippen LogP contribution in [0.15, 0.2) is 42.7 Å². The third kappa shape index (κ3) is 2.82. The van der Waals surface area contributed by atoms with Crippen molar-refractivity contribution in [2.45, 2.75) is 13.0 Å². The lowest BCUT2D eigenvalue weighted by Gasteiger charge is -2.10. The molecule has 0 fully saturated rings. The van der Waals surface area contributed by atoms with Crippen LogP contribution in [0.4, 0.5) is 5.82 Å². The number of aliphatic carboxylic acids is 1. The molecule has 1 heterocycles. The minimum absolute atomic E-state index is 0.499. The van der Waals surface area contributed by atoms with E-state index in [1.165, 1.54) is 6.33 Å². The smallest absolute Gasteiger partial charge is 0.325 e. The van der Waals surface area contributed by atoms with E-state index in [1.54, 1.807) is 13.0 Å². The van der Waals surface area contributed by atoms with Crippen LogP contribution >= 0.6 is 0 Å². The molecular weight excluding hydrogens is 230 g/mol. The van der Waals surface area contributed by atoms with Gasteiger partial charge in [-0.3, -0.25) is 4.79 Å². The Balaban J connectivity index is 2.23. The van der Waals surface area contributed by atoms with Gasteiger partial charge in [0.05, 0.1) is 5.69 Å². The third-order valence-electron chi connectivity index (χ3n) is 2.47. The predicted octanol–water partition coefficient (Wildman–Crippen LogP) is 2.03. The van der Waals surface area contributed by atoms with Crippen molar-refractivity contribution in [3.8, 4) is 11.3 Å². The van der Waals surface area contributed by atoms with Crippen LogP contribution in [0.1, 0.15) is 6.92 Å². The first-order valence-corrected chi connectivity index (χ1v) is 5.53. The molecule has 18 heavy (non-hydrogen) atoms. The van der Waals surface area contributed by atoms with Crippen molar-refractivity contribution in [2.24, 2.45) is 0 Å². The maximum absolute atomic E-state index is 10.8. The molecule has 0 bridgehead atoms. The normalized spacial score (nSPS) is 11.8. The zero-order valence-corrected chi connectivity index (χ0v) is 9.87. The second-order valence-electron chi connectivity index (χ2n) is 3.86. The third-order valence-corrected chi connectivity index (χ3v) is 2.47. The van der Waals surface area contributed by atoms with E-state index in [2.05, 4.69) is 15.3 Å². The van der Waals surface area contributed by atoms with Crippen molar-refractivity contribution >= 4 is 11.8 Å². The number of rotatable bonds is 4. The summed E-state index contributed by atoms with van der Waals surface area (Å²) in [5.74, 6) is -0.423. The van der Waals surface area contributed by atoms with E-state index in [-0.39, 0.29) is 0 Å². The molecule has 2 N–H and O–H groups in total. The topological polar surface area (TPSA) is 75.1 Å². The van der Waals surface area contributed by atoms with Crippen molar-refractivity contribution in [3.63, 3.8) is 0 Å². The summed E-state index contributed by atoms with van der Waals surface area (Å²) in [5, 5.41) is 11.6. The lowest BCUT2D eigenvalue weighted by Crippen LogP contribution is -2.25. The maximum Gasteiger partial charge on any atom is 0.325 e.